The van der Waals surface area contributed by atoms with E-state index in [0.29, 0.717) is 6.42 Å². The smallest absolute Gasteiger partial charge is 0.224 e. The topological polar surface area (TPSA) is 42.0 Å². The van der Waals surface area contributed by atoms with Crippen LogP contribution in [0.4, 0.5) is 5.69 Å². The van der Waals surface area contributed by atoms with E-state index in [1.165, 1.54) is 24.0 Å². The Hall–Kier alpha value is -1.38. The number of carbonyl (C=O) groups excluding carboxylic acids is 1. The van der Waals surface area contributed by atoms with Crippen molar-refractivity contribution in [3.8, 4) is 0 Å². The summed E-state index contributed by atoms with van der Waals surface area (Å²) in [5.41, 5.74) is 3.51. The summed E-state index contributed by atoms with van der Waals surface area (Å²) in [7, 11) is 0. The molecular weight excluding hydrogens is 188 g/mol. The lowest BCUT2D eigenvalue weighted by molar-refractivity contribution is -0.115. The number of fused-ring (bicyclic) bond motifs is 1. The normalized spacial score (nSPS) is 14.5. The molecule has 0 unspecified atom stereocenters. The molecule has 0 fully saturated rings. The number of aryl methyl sites for hydroxylation is 1. The fraction of sp³-hybridized carbons (Fsp3) is 0.500. The van der Waals surface area contributed by atoms with Gasteiger partial charge in [-0.3, -0.25) is 9.78 Å². The van der Waals surface area contributed by atoms with Crippen LogP contribution >= 0.6 is 0 Å². The molecule has 15 heavy (non-hydrogen) atoms. The summed E-state index contributed by atoms with van der Waals surface area (Å²) in [5.74, 6) is 0.0655. The average Bonchev–Trinajstić information content (AvgIpc) is 2.29. The number of rotatable bonds is 2. The van der Waals surface area contributed by atoms with Crippen molar-refractivity contribution in [1.29, 1.82) is 0 Å². The molecule has 1 aromatic rings. The number of pyridine rings is 1. The molecule has 0 saturated carbocycles. The summed E-state index contributed by atoms with van der Waals surface area (Å²) in [5, 5.41) is 2.92. The van der Waals surface area contributed by atoms with Crippen LogP contribution in [0.2, 0.25) is 0 Å². The van der Waals surface area contributed by atoms with Crippen molar-refractivity contribution in [3.05, 3.63) is 23.5 Å². The second-order valence-corrected chi connectivity index (χ2v) is 3.93. The zero-order valence-electron chi connectivity index (χ0n) is 9.05. The SMILES string of the molecule is CCC(=O)Nc1cncc2c1CCCC2. The van der Waals surface area contributed by atoms with Crippen LogP contribution in [-0.2, 0) is 17.6 Å². The summed E-state index contributed by atoms with van der Waals surface area (Å²) in [6, 6.07) is 0. The molecule has 0 bridgehead atoms. The van der Waals surface area contributed by atoms with Crippen molar-refractivity contribution < 1.29 is 4.79 Å². The maximum Gasteiger partial charge on any atom is 0.224 e. The first-order chi connectivity index (χ1) is 7.31. The van der Waals surface area contributed by atoms with Gasteiger partial charge >= 0.3 is 0 Å². The van der Waals surface area contributed by atoms with Gasteiger partial charge in [0.05, 0.1) is 11.9 Å². The van der Waals surface area contributed by atoms with Gasteiger partial charge < -0.3 is 5.32 Å². The third-order valence-corrected chi connectivity index (χ3v) is 2.86. The van der Waals surface area contributed by atoms with E-state index in [9.17, 15) is 4.79 Å². The number of carbonyl (C=O) groups is 1. The van der Waals surface area contributed by atoms with Gasteiger partial charge in [0.1, 0.15) is 0 Å². The minimum atomic E-state index is 0.0655. The van der Waals surface area contributed by atoms with Crippen LogP contribution in [-0.4, -0.2) is 10.9 Å². The maximum atomic E-state index is 11.3. The van der Waals surface area contributed by atoms with Gasteiger partial charge in [0.15, 0.2) is 0 Å². The molecule has 1 aromatic heterocycles. The molecule has 1 heterocycles. The van der Waals surface area contributed by atoms with E-state index in [2.05, 4.69) is 10.3 Å². The predicted octanol–water partition coefficient (Wildman–Crippen LogP) is 2.31. The Morgan fingerprint density at radius 2 is 2.20 bits per heavy atom. The summed E-state index contributed by atoms with van der Waals surface area (Å²) in [4.78, 5) is 15.5. The highest BCUT2D eigenvalue weighted by atomic mass is 16.1. The Bertz CT molecular complexity index is 374. The molecule has 3 nitrogen and oxygen atoms in total. The van der Waals surface area contributed by atoms with Gasteiger partial charge in [-0.25, -0.2) is 0 Å². The van der Waals surface area contributed by atoms with Crippen LogP contribution in [0.15, 0.2) is 12.4 Å². The van der Waals surface area contributed by atoms with E-state index in [1.807, 2.05) is 13.1 Å². The van der Waals surface area contributed by atoms with E-state index in [1.54, 1.807) is 6.20 Å². The third kappa shape index (κ3) is 2.17. The van der Waals surface area contributed by atoms with E-state index in [0.717, 1.165) is 18.5 Å². The van der Waals surface area contributed by atoms with Crippen LogP contribution < -0.4 is 5.32 Å². The van der Waals surface area contributed by atoms with Crippen LogP contribution in [0.25, 0.3) is 0 Å². The zero-order chi connectivity index (χ0) is 10.7. The van der Waals surface area contributed by atoms with Gasteiger partial charge in [-0.2, -0.15) is 0 Å². The lowest BCUT2D eigenvalue weighted by atomic mass is 9.92. The van der Waals surface area contributed by atoms with Gasteiger partial charge in [-0.05, 0) is 36.8 Å². The number of nitrogens with one attached hydrogen (secondary N) is 1. The highest BCUT2D eigenvalue weighted by molar-refractivity contribution is 5.91. The number of amides is 1. The Morgan fingerprint density at radius 3 is 3.00 bits per heavy atom. The van der Waals surface area contributed by atoms with Gasteiger partial charge in [0.25, 0.3) is 0 Å². The minimum Gasteiger partial charge on any atom is -0.325 e. The molecular formula is C12H16N2O. The van der Waals surface area contributed by atoms with Crippen molar-refractivity contribution in [3.63, 3.8) is 0 Å². The fourth-order valence-electron chi connectivity index (χ4n) is 2.00. The van der Waals surface area contributed by atoms with Crippen molar-refractivity contribution in [2.75, 3.05) is 5.32 Å². The molecule has 1 aliphatic rings. The number of hydrogen-bond acceptors (Lipinski definition) is 2. The first kappa shape index (κ1) is 10.1. The molecule has 0 radical (unpaired) electrons. The highest BCUT2D eigenvalue weighted by Crippen LogP contribution is 2.26. The van der Waals surface area contributed by atoms with Crippen molar-refractivity contribution >= 4 is 11.6 Å². The Kier molecular flexibility index (Phi) is 2.99. The fourth-order valence-corrected chi connectivity index (χ4v) is 2.00. The number of hydrogen-bond donors (Lipinski definition) is 1. The minimum absolute atomic E-state index is 0.0655. The summed E-state index contributed by atoms with van der Waals surface area (Å²) >= 11 is 0. The quantitative estimate of drug-likeness (QED) is 0.803. The van der Waals surface area contributed by atoms with E-state index < -0.39 is 0 Å². The summed E-state index contributed by atoms with van der Waals surface area (Å²) in [6.45, 7) is 1.86. The zero-order valence-corrected chi connectivity index (χ0v) is 9.05. The van der Waals surface area contributed by atoms with Crippen molar-refractivity contribution in [2.24, 2.45) is 0 Å². The monoisotopic (exact) mass is 204 g/mol. The molecule has 0 saturated heterocycles. The van der Waals surface area contributed by atoms with Crippen LogP contribution in [0, 0.1) is 0 Å². The molecule has 1 amide bonds. The van der Waals surface area contributed by atoms with Crippen molar-refractivity contribution in [1.82, 2.24) is 4.98 Å². The molecule has 0 aliphatic heterocycles. The van der Waals surface area contributed by atoms with Gasteiger partial charge in [0.2, 0.25) is 5.91 Å². The number of nitrogens with zero attached hydrogens (tertiary/aromatic N) is 1. The third-order valence-electron chi connectivity index (χ3n) is 2.86. The summed E-state index contributed by atoms with van der Waals surface area (Å²) < 4.78 is 0. The lowest BCUT2D eigenvalue weighted by Crippen LogP contribution is -2.14. The van der Waals surface area contributed by atoms with Crippen LogP contribution in [0.5, 0.6) is 0 Å². The second kappa shape index (κ2) is 4.43. The maximum absolute atomic E-state index is 11.3. The Morgan fingerprint density at radius 1 is 1.40 bits per heavy atom. The van der Waals surface area contributed by atoms with Crippen LogP contribution in [0.3, 0.4) is 0 Å². The van der Waals surface area contributed by atoms with Crippen molar-refractivity contribution in [2.45, 2.75) is 39.0 Å². The second-order valence-electron chi connectivity index (χ2n) is 3.93. The largest absolute Gasteiger partial charge is 0.325 e. The molecule has 80 valence electrons. The van der Waals surface area contributed by atoms with Gasteiger partial charge in [-0.1, -0.05) is 6.92 Å². The number of aromatic nitrogens is 1. The molecule has 1 aliphatic carbocycles. The first-order valence-corrected chi connectivity index (χ1v) is 5.57. The van der Waals surface area contributed by atoms with Crippen LogP contribution in [0.1, 0.15) is 37.3 Å². The molecule has 0 spiro atoms. The van der Waals surface area contributed by atoms with Gasteiger partial charge in [-0.15, -0.1) is 0 Å². The first-order valence-electron chi connectivity index (χ1n) is 5.57. The Balaban J connectivity index is 2.27. The molecule has 3 heteroatoms. The van der Waals surface area contributed by atoms with E-state index in [4.69, 9.17) is 0 Å². The van der Waals surface area contributed by atoms with E-state index in [-0.39, 0.29) is 5.91 Å². The molecule has 1 N–H and O–H groups in total. The standard InChI is InChI=1S/C12H16N2O/c1-2-12(15)14-11-8-13-7-9-5-3-4-6-10(9)11/h7-8H,2-6H2,1H3,(H,14,15). The summed E-state index contributed by atoms with van der Waals surface area (Å²) in [6.07, 6.45) is 8.82. The molecule has 2 rings (SSSR count). The molecule has 0 atom stereocenters. The number of anilines is 1. The lowest BCUT2D eigenvalue weighted by Gasteiger charge is -2.18. The predicted molar refractivity (Wildman–Crippen MR) is 59.8 cm³/mol. The highest BCUT2D eigenvalue weighted by Gasteiger charge is 2.14. The molecule has 0 aromatic carbocycles. The van der Waals surface area contributed by atoms with Gasteiger partial charge in [0, 0.05) is 12.6 Å². The van der Waals surface area contributed by atoms with E-state index >= 15 is 0 Å². The Labute approximate surface area is 89.9 Å². The average molecular weight is 204 g/mol.